The number of nitrogens with zero attached hydrogens (tertiary/aromatic N) is 1. The van der Waals surface area contributed by atoms with Crippen molar-refractivity contribution in [2.45, 2.75) is 31.7 Å². The van der Waals surface area contributed by atoms with Gasteiger partial charge >= 0.3 is 0 Å². The molecule has 1 heterocycles. The lowest BCUT2D eigenvalue weighted by molar-refractivity contribution is 0.0927. The summed E-state index contributed by atoms with van der Waals surface area (Å²) < 4.78 is 5.23. The van der Waals surface area contributed by atoms with E-state index in [9.17, 15) is 4.79 Å². The molecule has 0 fully saturated rings. The highest BCUT2D eigenvalue weighted by Gasteiger charge is 2.23. The number of rotatable bonds is 4. The van der Waals surface area contributed by atoms with Gasteiger partial charge in [0.05, 0.1) is 6.04 Å². The molecule has 0 saturated heterocycles. The van der Waals surface area contributed by atoms with Crippen molar-refractivity contribution in [2.75, 3.05) is 6.54 Å². The van der Waals surface area contributed by atoms with Crippen LogP contribution in [-0.2, 0) is 12.8 Å². The highest BCUT2D eigenvalue weighted by atomic mass is 16.3. The smallest absolute Gasteiger partial charge is 0.273 e. The van der Waals surface area contributed by atoms with Gasteiger partial charge in [-0.05, 0) is 30.4 Å². The van der Waals surface area contributed by atoms with E-state index in [-0.39, 0.29) is 11.9 Å². The molecule has 0 spiro atoms. The molecule has 1 unspecified atom stereocenters. The van der Waals surface area contributed by atoms with Gasteiger partial charge in [0.2, 0.25) is 0 Å². The van der Waals surface area contributed by atoms with Gasteiger partial charge < -0.3 is 15.5 Å². The summed E-state index contributed by atoms with van der Waals surface area (Å²) >= 11 is 0. The third kappa shape index (κ3) is 2.97. The zero-order chi connectivity index (χ0) is 14.7. The quantitative estimate of drug-likeness (QED) is 0.900. The molecule has 110 valence electrons. The van der Waals surface area contributed by atoms with Gasteiger partial charge in [0.25, 0.3) is 5.91 Å². The first-order valence-corrected chi connectivity index (χ1v) is 7.31. The standard InChI is InChI=1S/C16H19N3O2/c17-9-8-15-18-14(10-21-15)16(20)19-13-7-3-5-11-4-1-2-6-12(11)13/h1-2,4,6,10,13H,3,5,7-9,17H2,(H,19,20). The van der Waals surface area contributed by atoms with Crippen LogP contribution in [0.1, 0.15) is 46.4 Å². The number of fused-ring (bicyclic) bond motifs is 1. The lowest BCUT2D eigenvalue weighted by Crippen LogP contribution is -2.31. The Balaban J connectivity index is 1.73. The van der Waals surface area contributed by atoms with Crippen molar-refractivity contribution >= 4 is 5.91 Å². The fourth-order valence-electron chi connectivity index (χ4n) is 2.79. The number of carbonyl (C=O) groups excluding carboxylic acids is 1. The van der Waals surface area contributed by atoms with Gasteiger partial charge in [-0.2, -0.15) is 0 Å². The maximum Gasteiger partial charge on any atom is 0.273 e. The van der Waals surface area contributed by atoms with Gasteiger partial charge in [0.15, 0.2) is 11.6 Å². The third-order valence-electron chi connectivity index (χ3n) is 3.82. The SMILES string of the molecule is NCCc1nc(C(=O)NC2CCCc3ccccc32)co1. The summed E-state index contributed by atoms with van der Waals surface area (Å²) in [5.74, 6) is 0.315. The zero-order valence-electron chi connectivity index (χ0n) is 11.8. The van der Waals surface area contributed by atoms with Gasteiger partial charge in [-0.15, -0.1) is 0 Å². The summed E-state index contributed by atoms with van der Waals surface area (Å²) in [7, 11) is 0. The number of aryl methyl sites for hydroxylation is 1. The molecule has 2 aromatic rings. The first-order chi connectivity index (χ1) is 10.3. The van der Waals surface area contributed by atoms with Gasteiger partial charge in [0.1, 0.15) is 6.26 Å². The number of amides is 1. The molecule has 3 N–H and O–H groups in total. The second kappa shape index (κ2) is 6.10. The van der Waals surface area contributed by atoms with Crippen molar-refractivity contribution in [1.82, 2.24) is 10.3 Å². The molecule has 1 aromatic heterocycles. The summed E-state index contributed by atoms with van der Waals surface area (Å²) in [6.07, 6.45) is 5.05. The molecule has 0 aliphatic heterocycles. The Kier molecular flexibility index (Phi) is 4.01. The van der Waals surface area contributed by atoms with Crippen LogP contribution >= 0.6 is 0 Å². The van der Waals surface area contributed by atoms with Crippen LogP contribution in [0.3, 0.4) is 0 Å². The average Bonchev–Trinajstić information content (AvgIpc) is 2.97. The second-order valence-electron chi connectivity index (χ2n) is 5.28. The van der Waals surface area contributed by atoms with E-state index in [2.05, 4.69) is 22.4 Å². The third-order valence-corrected chi connectivity index (χ3v) is 3.82. The summed E-state index contributed by atoms with van der Waals surface area (Å²) in [5.41, 5.74) is 8.30. The summed E-state index contributed by atoms with van der Waals surface area (Å²) in [6, 6.07) is 8.32. The summed E-state index contributed by atoms with van der Waals surface area (Å²) in [6.45, 7) is 0.456. The molecule has 1 aliphatic rings. The van der Waals surface area contributed by atoms with E-state index in [0.29, 0.717) is 24.6 Å². The molecule has 1 atom stereocenters. The van der Waals surface area contributed by atoms with E-state index in [1.54, 1.807) is 0 Å². The highest BCUT2D eigenvalue weighted by molar-refractivity contribution is 5.92. The molecular formula is C16H19N3O2. The van der Waals surface area contributed by atoms with Crippen LogP contribution < -0.4 is 11.1 Å². The Morgan fingerprint density at radius 3 is 3.14 bits per heavy atom. The van der Waals surface area contributed by atoms with Crippen molar-refractivity contribution in [3.05, 3.63) is 53.2 Å². The molecule has 0 radical (unpaired) electrons. The average molecular weight is 285 g/mol. The molecule has 3 rings (SSSR count). The monoisotopic (exact) mass is 285 g/mol. The molecule has 0 saturated carbocycles. The second-order valence-corrected chi connectivity index (χ2v) is 5.28. The first kappa shape index (κ1) is 13.8. The predicted molar refractivity (Wildman–Crippen MR) is 78.8 cm³/mol. The maximum absolute atomic E-state index is 12.3. The van der Waals surface area contributed by atoms with Crippen LogP contribution in [0, 0.1) is 0 Å². The van der Waals surface area contributed by atoms with Crippen LogP contribution in [0.5, 0.6) is 0 Å². The Morgan fingerprint density at radius 1 is 1.43 bits per heavy atom. The maximum atomic E-state index is 12.3. The van der Waals surface area contributed by atoms with Crippen molar-refractivity contribution < 1.29 is 9.21 Å². The van der Waals surface area contributed by atoms with E-state index in [1.165, 1.54) is 17.4 Å². The fraction of sp³-hybridized carbons (Fsp3) is 0.375. The molecule has 1 aliphatic carbocycles. The lowest BCUT2D eigenvalue weighted by atomic mass is 9.88. The van der Waals surface area contributed by atoms with Crippen molar-refractivity contribution in [1.29, 1.82) is 0 Å². The van der Waals surface area contributed by atoms with Crippen LogP contribution in [-0.4, -0.2) is 17.4 Å². The molecule has 0 bridgehead atoms. The number of oxazole rings is 1. The number of nitrogens with one attached hydrogen (secondary N) is 1. The Hall–Kier alpha value is -2.14. The number of aromatic nitrogens is 1. The van der Waals surface area contributed by atoms with Crippen LogP contribution in [0.25, 0.3) is 0 Å². The largest absolute Gasteiger partial charge is 0.448 e. The predicted octanol–water partition coefficient (Wildman–Crippen LogP) is 1.98. The number of hydrogen-bond donors (Lipinski definition) is 2. The van der Waals surface area contributed by atoms with Gasteiger partial charge in [0, 0.05) is 13.0 Å². The van der Waals surface area contributed by atoms with E-state index < -0.39 is 0 Å². The Bertz CT molecular complexity index is 636. The molecule has 1 aromatic carbocycles. The van der Waals surface area contributed by atoms with Crippen molar-refractivity contribution in [3.63, 3.8) is 0 Å². The molecule has 21 heavy (non-hydrogen) atoms. The lowest BCUT2D eigenvalue weighted by Gasteiger charge is -2.25. The molecular weight excluding hydrogens is 266 g/mol. The minimum atomic E-state index is -0.191. The Morgan fingerprint density at radius 2 is 2.29 bits per heavy atom. The molecule has 1 amide bonds. The van der Waals surface area contributed by atoms with Crippen LogP contribution in [0.15, 0.2) is 34.9 Å². The van der Waals surface area contributed by atoms with E-state index in [4.69, 9.17) is 10.2 Å². The minimum absolute atomic E-state index is 0.0529. The van der Waals surface area contributed by atoms with Gasteiger partial charge in [-0.1, -0.05) is 24.3 Å². The van der Waals surface area contributed by atoms with Gasteiger partial charge in [-0.25, -0.2) is 4.98 Å². The highest BCUT2D eigenvalue weighted by Crippen LogP contribution is 2.29. The Labute approximate surface area is 123 Å². The fourth-order valence-corrected chi connectivity index (χ4v) is 2.79. The number of carbonyl (C=O) groups is 1. The molecule has 5 heteroatoms. The first-order valence-electron chi connectivity index (χ1n) is 7.31. The van der Waals surface area contributed by atoms with Crippen LogP contribution in [0.4, 0.5) is 0 Å². The van der Waals surface area contributed by atoms with Crippen molar-refractivity contribution in [3.8, 4) is 0 Å². The van der Waals surface area contributed by atoms with Crippen molar-refractivity contribution in [2.24, 2.45) is 5.73 Å². The van der Waals surface area contributed by atoms with Crippen LogP contribution in [0.2, 0.25) is 0 Å². The number of hydrogen-bond acceptors (Lipinski definition) is 4. The zero-order valence-corrected chi connectivity index (χ0v) is 11.8. The van der Waals surface area contributed by atoms with E-state index >= 15 is 0 Å². The van der Waals surface area contributed by atoms with E-state index in [1.807, 2.05) is 12.1 Å². The summed E-state index contributed by atoms with van der Waals surface area (Å²) in [4.78, 5) is 16.4. The topological polar surface area (TPSA) is 81.1 Å². The number of benzene rings is 1. The van der Waals surface area contributed by atoms with E-state index in [0.717, 1.165) is 19.3 Å². The minimum Gasteiger partial charge on any atom is -0.448 e. The molecule has 5 nitrogen and oxygen atoms in total. The summed E-state index contributed by atoms with van der Waals surface area (Å²) in [5, 5.41) is 3.05. The van der Waals surface area contributed by atoms with Gasteiger partial charge in [-0.3, -0.25) is 4.79 Å². The number of nitrogens with two attached hydrogens (primary N) is 1. The normalized spacial score (nSPS) is 17.3.